The van der Waals surface area contributed by atoms with Gasteiger partial charge in [0.25, 0.3) is 11.8 Å². The van der Waals surface area contributed by atoms with Gasteiger partial charge in [0, 0.05) is 35.3 Å². The zero-order valence-corrected chi connectivity index (χ0v) is 31.1. The van der Waals surface area contributed by atoms with E-state index in [2.05, 4.69) is 20.8 Å². The van der Waals surface area contributed by atoms with E-state index in [4.69, 9.17) is 21.0 Å². The number of aromatic nitrogens is 2. The van der Waals surface area contributed by atoms with Crippen molar-refractivity contribution in [2.75, 3.05) is 18.0 Å². The number of carboxylic acid groups (broad SMARTS) is 1. The molecule has 2 unspecified atom stereocenters. The number of nitrogens with zero attached hydrogens (tertiary/aromatic N) is 4. The van der Waals surface area contributed by atoms with Crippen molar-refractivity contribution in [2.45, 2.75) is 76.6 Å². The molecule has 49 heavy (non-hydrogen) atoms. The second-order valence-corrected chi connectivity index (χ2v) is 14.0. The van der Waals surface area contributed by atoms with Gasteiger partial charge in [0.15, 0.2) is 29.8 Å². The van der Waals surface area contributed by atoms with Gasteiger partial charge in [0.05, 0.1) is 6.54 Å². The van der Waals surface area contributed by atoms with E-state index in [0.717, 1.165) is 16.9 Å². The Hall–Kier alpha value is -3.98. The van der Waals surface area contributed by atoms with Crippen LogP contribution in [0.25, 0.3) is 0 Å². The van der Waals surface area contributed by atoms with Crippen LogP contribution in [0.5, 0.6) is 0 Å². The average Bonchev–Trinajstić information content (AvgIpc) is 3.45. The van der Waals surface area contributed by atoms with Crippen LogP contribution in [-0.4, -0.2) is 85.9 Å². The number of carbonyl (C=O) groups is 5. The summed E-state index contributed by atoms with van der Waals surface area (Å²) in [5.41, 5.74) is 11.5. The molecule has 2 aromatic heterocycles. The van der Waals surface area contributed by atoms with E-state index >= 15 is 0 Å². The SMILES string of the molecule is CCC(CNC(=O)OC(C)(C)C)ON=C(C(=O)NC1C(=O)N2C(C(=O)O)=C(C[n+]3ccc(CCC(N)=O)cc3)CS[C@H]12)c1csc(N)n1.[I-]. The number of nitrogens with one attached hydrogen (secondary N) is 2. The quantitative estimate of drug-likeness (QED) is 0.0455. The lowest BCUT2D eigenvalue weighted by Gasteiger charge is -2.49. The van der Waals surface area contributed by atoms with Gasteiger partial charge < -0.3 is 60.8 Å². The second-order valence-electron chi connectivity index (χ2n) is 12.0. The summed E-state index contributed by atoms with van der Waals surface area (Å²) in [6.07, 6.45) is 3.41. The monoisotopic (exact) mass is 830 g/mol. The minimum atomic E-state index is -1.26. The summed E-state index contributed by atoms with van der Waals surface area (Å²) < 4.78 is 7.03. The summed E-state index contributed by atoms with van der Waals surface area (Å²) in [6.45, 7) is 7.28. The zero-order chi connectivity index (χ0) is 35.2. The number of rotatable bonds is 14. The highest BCUT2D eigenvalue weighted by molar-refractivity contribution is 8.00. The molecule has 3 atom stereocenters. The van der Waals surface area contributed by atoms with Gasteiger partial charge in [0.2, 0.25) is 5.91 Å². The number of fused-ring (bicyclic) bond motifs is 1. The Morgan fingerprint density at radius 1 is 1.24 bits per heavy atom. The number of thiazole rings is 1. The van der Waals surface area contributed by atoms with Gasteiger partial charge in [-0.2, -0.15) is 0 Å². The Balaban J connectivity index is 0.00000650. The highest BCUT2D eigenvalue weighted by Crippen LogP contribution is 2.40. The van der Waals surface area contributed by atoms with E-state index in [1.54, 1.807) is 44.7 Å². The standard InChI is InChI=1S/C30H38N8O8S2.HI/c1-5-18(12-33-29(44)45-30(2,3)4)46-36-21(19-15-48-28(32)34-19)24(40)35-22-25(41)38-23(27(42)43)17(14-47-26(22)38)13-37-10-8-16(9-11-37)6-7-20(31)39;/h8-11,15,18,22,26H,5-7,12-14H2,1-4H3,(H6-,31,32,33,34,35,39,40,42,43,44);1H/t18?,22?,26-;/m1./s1. The van der Waals surface area contributed by atoms with Crippen LogP contribution >= 0.6 is 23.1 Å². The van der Waals surface area contributed by atoms with Crippen LogP contribution in [-0.2, 0) is 41.7 Å². The number of amides is 4. The van der Waals surface area contributed by atoms with E-state index in [1.165, 1.54) is 22.0 Å². The summed E-state index contributed by atoms with van der Waals surface area (Å²) in [6, 6.07) is 2.61. The van der Waals surface area contributed by atoms with Crippen LogP contribution in [0.2, 0.25) is 0 Å². The number of nitrogens with two attached hydrogens (primary N) is 2. The first-order chi connectivity index (χ1) is 22.7. The molecule has 0 aliphatic carbocycles. The first-order valence-corrected chi connectivity index (χ1v) is 17.0. The second kappa shape index (κ2) is 17.1. The molecule has 7 N–H and O–H groups in total. The first-order valence-electron chi connectivity index (χ1n) is 15.1. The number of ether oxygens (including phenoxy) is 1. The zero-order valence-electron chi connectivity index (χ0n) is 27.3. The minimum Gasteiger partial charge on any atom is -1.00 e. The molecule has 2 aliphatic rings. The summed E-state index contributed by atoms with van der Waals surface area (Å²) in [5.74, 6) is -2.72. The van der Waals surface area contributed by atoms with Gasteiger partial charge in [-0.15, -0.1) is 23.1 Å². The number of primary amides is 1. The van der Waals surface area contributed by atoms with Crippen molar-refractivity contribution in [1.82, 2.24) is 20.5 Å². The lowest BCUT2D eigenvalue weighted by Crippen LogP contribution is -3.00. The molecule has 4 amide bonds. The number of carbonyl (C=O) groups excluding carboxylic acids is 4. The molecule has 16 nitrogen and oxygen atoms in total. The van der Waals surface area contributed by atoms with Crippen LogP contribution in [0.15, 0.2) is 46.3 Å². The van der Waals surface area contributed by atoms with Gasteiger partial charge in [-0.3, -0.25) is 19.3 Å². The van der Waals surface area contributed by atoms with Crippen molar-refractivity contribution in [3.8, 4) is 0 Å². The third-order valence-corrected chi connectivity index (χ3v) is 9.14. The summed E-state index contributed by atoms with van der Waals surface area (Å²) in [7, 11) is 0. The number of thioether (sulfide) groups is 1. The summed E-state index contributed by atoms with van der Waals surface area (Å²) in [4.78, 5) is 73.3. The predicted octanol–water partition coefficient (Wildman–Crippen LogP) is -2.10. The highest BCUT2D eigenvalue weighted by Gasteiger charge is 2.54. The summed E-state index contributed by atoms with van der Waals surface area (Å²) >= 11 is 2.41. The third-order valence-electron chi connectivity index (χ3n) is 7.13. The van der Waals surface area contributed by atoms with Gasteiger partial charge >= 0.3 is 12.1 Å². The first kappa shape index (κ1) is 39.5. The maximum Gasteiger partial charge on any atom is 0.407 e. The molecule has 0 radical (unpaired) electrons. The number of aryl methyl sites for hydroxylation is 1. The average molecular weight is 831 g/mol. The number of carboxylic acids is 1. The van der Waals surface area contributed by atoms with Crippen LogP contribution in [0.1, 0.15) is 51.8 Å². The summed E-state index contributed by atoms with van der Waals surface area (Å²) in [5, 5.41) is 20.4. The Labute approximate surface area is 308 Å². The molecule has 1 fully saturated rings. The Morgan fingerprint density at radius 3 is 2.51 bits per heavy atom. The predicted molar refractivity (Wildman–Crippen MR) is 176 cm³/mol. The molecule has 1 saturated heterocycles. The van der Waals surface area contributed by atoms with E-state index in [-0.39, 0.29) is 65.7 Å². The van der Waals surface area contributed by atoms with Crippen molar-refractivity contribution >= 4 is 63.7 Å². The van der Waals surface area contributed by atoms with E-state index in [9.17, 15) is 29.1 Å². The third kappa shape index (κ3) is 10.5. The number of β-lactam (4-membered cyclic amide) rings is 1. The maximum absolute atomic E-state index is 13.5. The minimum absolute atomic E-state index is 0. The number of pyridine rings is 1. The smallest absolute Gasteiger partial charge is 0.407 e. The van der Waals surface area contributed by atoms with Crippen LogP contribution < -0.4 is 50.6 Å². The fourth-order valence-corrected chi connectivity index (χ4v) is 6.64. The number of alkyl carbamates (subject to hydrolysis) is 1. The normalized spacial score (nSPS) is 18.0. The fourth-order valence-electron chi connectivity index (χ4n) is 4.76. The molecular formula is C30H39IN8O8S2. The largest absolute Gasteiger partial charge is 1.00 e. The molecule has 0 aromatic carbocycles. The highest BCUT2D eigenvalue weighted by atomic mass is 127. The molecule has 4 heterocycles. The Morgan fingerprint density at radius 2 is 1.94 bits per heavy atom. The molecule has 0 bridgehead atoms. The van der Waals surface area contributed by atoms with Gasteiger partial charge in [-0.1, -0.05) is 12.1 Å². The lowest BCUT2D eigenvalue weighted by molar-refractivity contribution is -0.689. The van der Waals surface area contributed by atoms with Crippen molar-refractivity contribution in [3.63, 3.8) is 0 Å². The van der Waals surface area contributed by atoms with Crippen LogP contribution in [0.3, 0.4) is 0 Å². The van der Waals surface area contributed by atoms with Crippen LogP contribution in [0.4, 0.5) is 9.93 Å². The number of aliphatic carboxylic acids is 1. The van der Waals surface area contributed by atoms with Crippen LogP contribution in [0, 0.1) is 0 Å². The molecule has 19 heteroatoms. The topological polar surface area (TPSA) is 233 Å². The van der Waals surface area contributed by atoms with E-state index in [0.29, 0.717) is 24.2 Å². The number of oxime groups is 1. The van der Waals surface area contributed by atoms with Crippen molar-refractivity contribution in [1.29, 1.82) is 0 Å². The molecule has 0 saturated carbocycles. The Kier molecular flexibility index (Phi) is 13.8. The van der Waals surface area contributed by atoms with Gasteiger partial charge in [0.1, 0.15) is 34.5 Å². The van der Waals surface area contributed by atoms with Gasteiger partial charge in [-0.05, 0) is 39.2 Å². The molecule has 266 valence electrons. The number of halogens is 1. The molecular weight excluding hydrogens is 791 g/mol. The van der Waals surface area contributed by atoms with Crippen molar-refractivity contribution in [2.24, 2.45) is 10.9 Å². The molecule has 0 spiro atoms. The Bertz CT molecular complexity index is 1630. The fraction of sp³-hybridized carbons (Fsp3) is 0.467. The lowest BCUT2D eigenvalue weighted by atomic mass is 10.0. The number of anilines is 1. The van der Waals surface area contributed by atoms with E-state index < -0.39 is 52.9 Å². The maximum atomic E-state index is 13.5. The molecule has 4 rings (SSSR count). The number of hydrogen-bond donors (Lipinski definition) is 5. The van der Waals surface area contributed by atoms with Gasteiger partial charge in [-0.25, -0.2) is 19.1 Å². The van der Waals surface area contributed by atoms with E-state index in [1.807, 2.05) is 12.1 Å². The van der Waals surface area contributed by atoms with Crippen molar-refractivity contribution < 1.29 is 67.2 Å². The number of nitrogen functional groups attached to an aromatic ring is 1. The molecule has 2 aromatic rings. The molecule has 2 aliphatic heterocycles. The van der Waals surface area contributed by atoms with Crippen molar-refractivity contribution in [3.05, 3.63) is 52.4 Å². The number of hydrogen-bond acceptors (Lipinski definition) is 12.